The number of unbranched alkanes of at least 4 members (excludes halogenated alkanes) is 2. The van der Waals surface area contributed by atoms with Gasteiger partial charge in [-0.3, -0.25) is 19.5 Å². The molecule has 0 saturated heterocycles. The Morgan fingerprint density at radius 3 is 2.39 bits per heavy atom. The second-order valence-electron chi connectivity index (χ2n) is 19.2. The molecular weight excluding hydrogens is 991 g/mol. The quantitative estimate of drug-likeness (QED) is 0.00991. The minimum atomic E-state index is -4.87. The van der Waals surface area contributed by atoms with Crippen LogP contribution in [-0.4, -0.2) is 65.3 Å². The van der Waals surface area contributed by atoms with Crippen LogP contribution >= 0.6 is 12.0 Å². The summed E-state index contributed by atoms with van der Waals surface area (Å²) in [5, 5.41) is 48.0. The van der Waals surface area contributed by atoms with Gasteiger partial charge in [-0.2, -0.15) is 4.33 Å². The molecule has 3 heterocycles. The number of anilines is 1. The molecule has 0 fully saturated rings. The highest BCUT2D eigenvalue weighted by Gasteiger charge is 2.47. The van der Waals surface area contributed by atoms with Crippen molar-refractivity contribution in [1.29, 1.82) is 0 Å². The van der Waals surface area contributed by atoms with Gasteiger partial charge in [0.15, 0.2) is 5.43 Å². The smallest absolute Gasteiger partial charge is 0.336 e. The summed E-state index contributed by atoms with van der Waals surface area (Å²) in [4.78, 5) is 53.7. The molecule has 386 valence electrons. The number of amides is 1. The summed E-state index contributed by atoms with van der Waals surface area (Å²) >= 11 is 0.855. The molecule has 5 N–H and O–H groups in total. The Hall–Kier alpha value is -7.10. The number of carboxylic acids is 2. The maximum absolute atomic E-state index is 13.4. The number of nitrogens with zero attached hydrogens (tertiary/aromatic N) is 1. The number of hydrogen-bond acceptors (Lipinski definition) is 14. The van der Waals surface area contributed by atoms with Crippen LogP contribution in [-0.2, 0) is 41.7 Å². The first-order valence-electron chi connectivity index (χ1n) is 23.8. The van der Waals surface area contributed by atoms with E-state index in [2.05, 4.69) is 41.5 Å². The molecule has 3 aliphatic heterocycles. The van der Waals surface area contributed by atoms with Crippen LogP contribution in [0.15, 0.2) is 140 Å². The average Bonchev–Trinajstić information content (AvgIpc) is 3.71. The number of rotatable bonds is 19. The summed E-state index contributed by atoms with van der Waals surface area (Å²) in [6, 6.07) is 21.3. The van der Waals surface area contributed by atoms with Gasteiger partial charge in [0.05, 0.1) is 57.8 Å². The molecule has 0 bridgehead atoms. The van der Waals surface area contributed by atoms with E-state index in [1.165, 1.54) is 53.4 Å². The molecule has 4 aromatic rings. The molecule has 0 aromatic heterocycles. The summed E-state index contributed by atoms with van der Waals surface area (Å²) in [5.41, 5.74) is 3.22. The summed E-state index contributed by atoms with van der Waals surface area (Å²) in [6.07, 6.45) is 11.5. The van der Waals surface area contributed by atoms with Crippen molar-refractivity contribution in [2.45, 2.75) is 93.5 Å². The maximum Gasteiger partial charge on any atom is 0.336 e. The average molecular weight is 1050 g/mol. The van der Waals surface area contributed by atoms with Crippen LogP contribution in [0.3, 0.4) is 0 Å². The normalized spacial score (nSPS) is 17.4. The zero-order valence-electron chi connectivity index (χ0n) is 41.1. The van der Waals surface area contributed by atoms with Crippen molar-refractivity contribution in [3.05, 3.63) is 159 Å². The molecule has 0 radical (unpaired) electrons. The van der Waals surface area contributed by atoms with Crippen LogP contribution in [0.25, 0.3) is 33.4 Å². The van der Waals surface area contributed by atoms with Crippen LogP contribution in [0.1, 0.15) is 97.7 Å². The third kappa shape index (κ3) is 10.4. The van der Waals surface area contributed by atoms with E-state index in [1.807, 2.05) is 67.3 Å². The van der Waals surface area contributed by atoms with Crippen LogP contribution in [0.4, 0.5) is 11.4 Å². The number of fused-ring (bicyclic) bond motifs is 4. The second-order valence-corrected chi connectivity index (χ2v) is 21.4. The highest BCUT2D eigenvalue weighted by atomic mass is 32.2. The van der Waals surface area contributed by atoms with Crippen LogP contribution in [0.2, 0.25) is 0 Å². The maximum atomic E-state index is 13.4. The number of para-hydroxylation sites is 1. The van der Waals surface area contributed by atoms with Crippen molar-refractivity contribution in [2.24, 2.45) is 0 Å². The summed E-state index contributed by atoms with van der Waals surface area (Å²) in [6.45, 7) is 11.4. The molecular formula is C55H54N3O14S2-. The first-order valence-corrected chi connectivity index (χ1v) is 26.0. The fraction of sp³-hybridized carbons (Fsp3) is 0.273. The van der Waals surface area contributed by atoms with Crippen molar-refractivity contribution in [1.82, 2.24) is 5.32 Å². The number of phenols is 1. The van der Waals surface area contributed by atoms with Crippen LogP contribution < -0.4 is 25.8 Å². The minimum Gasteiger partial charge on any atom is -0.744 e. The molecule has 17 nitrogen and oxygen atoms in total. The number of allylic oxidation sites excluding steroid dienone is 5. The monoisotopic (exact) mass is 1040 g/mol. The fourth-order valence-corrected chi connectivity index (χ4v) is 11.6. The van der Waals surface area contributed by atoms with Crippen molar-refractivity contribution < 1.29 is 66.6 Å². The number of carboxylic acid groups (broad SMARTS) is 2. The van der Waals surface area contributed by atoms with Gasteiger partial charge in [0, 0.05) is 63.2 Å². The van der Waals surface area contributed by atoms with Gasteiger partial charge in [0.25, 0.3) is 0 Å². The zero-order chi connectivity index (χ0) is 53.3. The van der Waals surface area contributed by atoms with Crippen molar-refractivity contribution in [2.75, 3.05) is 18.0 Å². The molecule has 74 heavy (non-hydrogen) atoms. The van der Waals surface area contributed by atoms with E-state index in [-0.39, 0.29) is 74.6 Å². The summed E-state index contributed by atoms with van der Waals surface area (Å²) in [7, 11) is -4.87. The van der Waals surface area contributed by atoms with Gasteiger partial charge >= 0.3 is 11.9 Å². The largest absolute Gasteiger partial charge is 0.744 e. The molecule has 19 heteroatoms. The molecule has 0 saturated carbocycles. The van der Waals surface area contributed by atoms with E-state index in [0.29, 0.717) is 53.6 Å². The van der Waals surface area contributed by atoms with E-state index in [4.69, 9.17) is 4.42 Å². The summed E-state index contributed by atoms with van der Waals surface area (Å²) < 4.78 is 48.8. The number of likely N-dealkylation sites (N-methyl/N-ethyl adjacent to an activating group) is 1. The third-order valence-electron chi connectivity index (χ3n) is 14.1. The Labute approximate surface area is 431 Å². The lowest BCUT2D eigenvalue weighted by Gasteiger charge is -2.28. The first-order chi connectivity index (χ1) is 35.2. The van der Waals surface area contributed by atoms with Gasteiger partial charge in [0.2, 0.25) is 5.91 Å². The Kier molecular flexibility index (Phi) is 15.4. The fourth-order valence-electron chi connectivity index (χ4n) is 10.5. The van der Waals surface area contributed by atoms with E-state index in [0.717, 1.165) is 46.5 Å². The van der Waals surface area contributed by atoms with E-state index in [1.54, 1.807) is 6.07 Å². The number of phenolic OH excluding ortho intramolecular Hbond substituents is 1. The van der Waals surface area contributed by atoms with Crippen LogP contribution in [0.5, 0.6) is 5.75 Å². The lowest BCUT2D eigenvalue weighted by molar-refractivity contribution is -0.848. The number of nitrogens with one attached hydrogen (secondary N) is 2. The topological polar surface area (TPSA) is 261 Å². The highest BCUT2D eigenvalue weighted by molar-refractivity contribution is 7.94. The molecule has 1 aliphatic carbocycles. The van der Waals surface area contributed by atoms with Gasteiger partial charge in [-0.25, -0.2) is 18.0 Å². The number of aromatic hydroxyl groups is 1. The van der Waals surface area contributed by atoms with Crippen LogP contribution in [0, 0.1) is 0 Å². The standard InChI is InChI=1S/C55H55N3O14S2/c1-6-57-42-25-21-34(73-72-71-66)30-41(42)55(4,5)46(57)16-9-7-10-17-47-54(2,3)40-14-13-15-45(74(67,68)69)50(40)58(47)27-12-8-11-18-48(61)56-31-39-43(60)26-24-37-49(36-23-20-33(59)29-44(36)70-51(37)39)35-22-19-32(52(62)63)28-38(35)53(64)65/h7,9-10,13-17,19-26,28-30,46,60,66H,6,8,11-12,18,27,31H2,1-5H3,(H,56,61)(H,62,63)(H,64,65)(H,67,68,69)/p-1/b10-7+,16-9+,47-17+. The zero-order valence-corrected chi connectivity index (χ0v) is 42.7. The Balaban J connectivity index is 0.976. The number of aromatic carboxylic acids is 2. The van der Waals surface area contributed by atoms with Crippen molar-refractivity contribution >= 4 is 62.4 Å². The van der Waals surface area contributed by atoms with E-state index >= 15 is 0 Å². The predicted molar refractivity (Wildman–Crippen MR) is 274 cm³/mol. The van der Waals surface area contributed by atoms with Crippen molar-refractivity contribution in [3.8, 4) is 28.2 Å². The molecule has 4 aromatic carbocycles. The first kappa shape index (κ1) is 53.2. The molecule has 0 spiro atoms. The Morgan fingerprint density at radius 2 is 1.68 bits per heavy atom. The number of carbonyl (C=O) groups excluding carboxylic acids is 1. The molecule has 1 amide bonds. The minimum absolute atomic E-state index is 0.0724. The molecule has 2 unspecified atom stereocenters. The molecule has 8 rings (SSSR count). The second kappa shape index (κ2) is 21.4. The SMILES string of the molecule is CC[NH+]1c2ccc(SOO[O-])cc2C(C)(C)C1/C=C/C=C/C=C1/N(CCCCCC(=O)NCc2c(O)ccc3c(-c4ccc(C(=O)O)cc4C(=O)O)c4ccc(=O)cc-4oc23)c2c(cccc2S(=O)(=O)[O-])C1(C)C. The number of benzene rings is 5. The predicted octanol–water partition coefficient (Wildman–Crippen LogP) is 7.67. The van der Waals surface area contributed by atoms with Gasteiger partial charge in [-0.1, -0.05) is 56.7 Å². The van der Waals surface area contributed by atoms with Crippen molar-refractivity contribution in [3.63, 3.8) is 0 Å². The number of carbonyl (C=O) groups is 3. The lowest BCUT2D eigenvalue weighted by Crippen LogP contribution is -3.10. The molecule has 4 aliphatic rings. The third-order valence-corrected chi connectivity index (χ3v) is 15.5. The van der Waals surface area contributed by atoms with E-state index < -0.39 is 32.9 Å². The highest BCUT2D eigenvalue weighted by Crippen LogP contribution is 2.51. The van der Waals surface area contributed by atoms with Gasteiger partial charge in [0.1, 0.15) is 38.9 Å². The molecule has 2 atom stereocenters. The van der Waals surface area contributed by atoms with E-state index in [9.17, 15) is 52.7 Å². The Bertz CT molecular complexity index is 3430. The lowest BCUT2D eigenvalue weighted by atomic mass is 9.80. The van der Waals surface area contributed by atoms with Gasteiger partial charge in [-0.15, -0.1) is 0 Å². The number of hydrogen-bond donors (Lipinski definition) is 5. The number of quaternary nitrogens is 1. The van der Waals surface area contributed by atoms with Gasteiger partial charge in [-0.05, 0) is 111 Å². The summed E-state index contributed by atoms with van der Waals surface area (Å²) in [5.74, 6) is -3.23. The Morgan fingerprint density at radius 1 is 0.905 bits per heavy atom. The van der Waals surface area contributed by atoms with Gasteiger partial charge < -0.3 is 39.8 Å².